The largest absolute Gasteiger partial charge is 0.479 e. The first kappa shape index (κ1) is 12.6. The molecule has 8 heteroatoms. The first-order chi connectivity index (χ1) is 9.08. The molecule has 0 radical (unpaired) electrons. The second-order valence-corrected chi connectivity index (χ2v) is 3.70. The van der Waals surface area contributed by atoms with Crippen LogP contribution in [0.4, 0.5) is 5.95 Å². The maximum atomic E-state index is 11.8. The van der Waals surface area contributed by atoms with E-state index in [-0.39, 0.29) is 11.8 Å². The quantitative estimate of drug-likeness (QED) is 0.609. The van der Waals surface area contributed by atoms with Gasteiger partial charge in [0.05, 0.1) is 0 Å². The zero-order chi connectivity index (χ0) is 13.8. The van der Waals surface area contributed by atoms with E-state index in [1.54, 1.807) is 30.3 Å². The van der Waals surface area contributed by atoms with Crippen LogP contribution in [-0.4, -0.2) is 32.2 Å². The molecule has 8 nitrogen and oxygen atoms in total. The van der Waals surface area contributed by atoms with Gasteiger partial charge < -0.3 is 16.2 Å². The summed E-state index contributed by atoms with van der Waals surface area (Å²) in [5, 5.41) is 17.3. The number of carbonyl (C=O) groups excluding carboxylic acids is 1. The Balaban J connectivity index is 2.18. The van der Waals surface area contributed by atoms with Gasteiger partial charge in [-0.2, -0.15) is 4.98 Å². The smallest absolute Gasteiger partial charge is 0.330 e. The van der Waals surface area contributed by atoms with E-state index < -0.39 is 17.9 Å². The van der Waals surface area contributed by atoms with Crippen LogP contribution in [0.25, 0.3) is 0 Å². The average molecular weight is 261 g/mol. The number of aromatic amines is 1. The highest BCUT2D eigenvalue weighted by Crippen LogP contribution is 2.13. The fourth-order valence-electron chi connectivity index (χ4n) is 1.51. The summed E-state index contributed by atoms with van der Waals surface area (Å²) < 4.78 is 0. The third kappa shape index (κ3) is 2.86. The lowest BCUT2D eigenvalue weighted by atomic mass is 10.1. The number of aliphatic carboxylic acids is 1. The minimum absolute atomic E-state index is 0.0864. The van der Waals surface area contributed by atoms with E-state index in [0.717, 1.165) is 0 Å². The van der Waals surface area contributed by atoms with Crippen molar-refractivity contribution in [2.45, 2.75) is 6.04 Å². The molecule has 0 aliphatic rings. The van der Waals surface area contributed by atoms with Gasteiger partial charge in [0.1, 0.15) is 0 Å². The number of hydrogen-bond donors (Lipinski definition) is 4. The van der Waals surface area contributed by atoms with Crippen LogP contribution in [0.1, 0.15) is 22.2 Å². The molecule has 19 heavy (non-hydrogen) atoms. The van der Waals surface area contributed by atoms with E-state index in [0.29, 0.717) is 5.56 Å². The first-order valence-electron chi connectivity index (χ1n) is 5.34. The number of H-pyrrole nitrogens is 1. The van der Waals surface area contributed by atoms with Gasteiger partial charge in [-0.25, -0.2) is 4.79 Å². The van der Waals surface area contributed by atoms with Gasteiger partial charge in [-0.3, -0.25) is 9.89 Å². The Labute approximate surface area is 107 Å². The number of rotatable bonds is 4. The minimum Gasteiger partial charge on any atom is -0.479 e. The highest BCUT2D eigenvalue weighted by atomic mass is 16.4. The van der Waals surface area contributed by atoms with E-state index in [9.17, 15) is 9.59 Å². The second-order valence-electron chi connectivity index (χ2n) is 3.70. The topological polar surface area (TPSA) is 134 Å². The third-order valence-electron chi connectivity index (χ3n) is 2.37. The number of nitrogen functional groups attached to an aromatic ring is 1. The molecule has 0 aliphatic carbocycles. The van der Waals surface area contributed by atoms with Crippen LogP contribution >= 0.6 is 0 Å². The summed E-state index contributed by atoms with van der Waals surface area (Å²) >= 11 is 0. The number of carboxylic acid groups (broad SMARTS) is 1. The molecule has 1 atom stereocenters. The number of benzene rings is 1. The number of carboxylic acids is 1. The van der Waals surface area contributed by atoms with Gasteiger partial charge in [0.15, 0.2) is 6.04 Å². The number of nitrogens with one attached hydrogen (secondary N) is 2. The van der Waals surface area contributed by atoms with Crippen LogP contribution in [0.3, 0.4) is 0 Å². The summed E-state index contributed by atoms with van der Waals surface area (Å²) in [6, 6.07) is 7.16. The van der Waals surface area contributed by atoms with E-state index in [2.05, 4.69) is 20.5 Å². The number of anilines is 1. The molecule has 2 aromatic rings. The van der Waals surface area contributed by atoms with Crippen molar-refractivity contribution in [2.75, 3.05) is 5.73 Å². The van der Waals surface area contributed by atoms with Gasteiger partial charge in [-0.05, 0) is 5.56 Å². The maximum Gasteiger partial charge on any atom is 0.330 e. The lowest BCUT2D eigenvalue weighted by molar-refractivity contribution is -0.139. The monoisotopic (exact) mass is 261 g/mol. The van der Waals surface area contributed by atoms with Crippen LogP contribution in [-0.2, 0) is 4.79 Å². The van der Waals surface area contributed by atoms with Crippen molar-refractivity contribution in [1.29, 1.82) is 0 Å². The summed E-state index contributed by atoms with van der Waals surface area (Å²) in [6.45, 7) is 0. The van der Waals surface area contributed by atoms with Crippen molar-refractivity contribution in [3.63, 3.8) is 0 Å². The van der Waals surface area contributed by atoms with Crippen LogP contribution < -0.4 is 11.1 Å². The highest BCUT2D eigenvalue weighted by molar-refractivity contribution is 5.93. The minimum atomic E-state index is -1.17. The molecule has 0 spiro atoms. The summed E-state index contributed by atoms with van der Waals surface area (Å²) in [4.78, 5) is 26.6. The Morgan fingerprint density at radius 2 is 2.00 bits per heavy atom. The third-order valence-corrected chi connectivity index (χ3v) is 2.37. The van der Waals surface area contributed by atoms with Crippen LogP contribution in [0.2, 0.25) is 0 Å². The highest BCUT2D eigenvalue weighted by Gasteiger charge is 2.23. The van der Waals surface area contributed by atoms with Crippen molar-refractivity contribution in [3.8, 4) is 0 Å². The molecule has 98 valence electrons. The number of nitrogens with two attached hydrogens (primary N) is 1. The standard InChI is InChI=1S/C11H11N5O3/c12-11-14-8(15-16-11)9(17)13-7(10(18)19)6-4-2-1-3-5-6/h1-5,7H,(H,13,17)(H,18,19)(H3,12,14,15,16)/t7-/m0/s1. The molecule has 0 aliphatic heterocycles. The van der Waals surface area contributed by atoms with Crippen molar-refractivity contribution in [1.82, 2.24) is 20.5 Å². The summed E-state index contributed by atoms with van der Waals surface area (Å²) in [7, 11) is 0. The Kier molecular flexibility index (Phi) is 3.42. The van der Waals surface area contributed by atoms with Crippen LogP contribution in [0.5, 0.6) is 0 Å². The van der Waals surface area contributed by atoms with Gasteiger partial charge in [0, 0.05) is 0 Å². The maximum absolute atomic E-state index is 11.8. The summed E-state index contributed by atoms with van der Waals surface area (Å²) in [6.07, 6.45) is 0. The Morgan fingerprint density at radius 3 is 2.53 bits per heavy atom. The van der Waals surface area contributed by atoms with Crippen molar-refractivity contribution in [2.24, 2.45) is 0 Å². The first-order valence-corrected chi connectivity index (χ1v) is 5.34. The molecule has 0 saturated heterocycles. The molecule has 2 rings (SSSR count). The molecular weight excluding hydrogens is 250 g/mol. The number of carbonyl (C=O) groups is 2. The van der Waals surface area contributed by atoms with Crippen LogP contribution in [0, 0.1) is 0 Å². The van der Waals surface area contributed by atoms with E-state index in [1.165, 1.54) is 0 Å². The van der Waals surface area contributed by atoms with Gasteiger partial charge >= 0.3 is 5.97 Å². The van der Waals surface area contributed by atoms with Gasteiger partial charge in [0.25, 0.3) is 5.91 Å². The summed E-state index contributed by atoms with van der Waals surface area (Å²) in [5.74, 6) is -2.09. The average Bonchev–Trinajstić information content (AvgIpc) is 2.83. The van der Waals surface area contributed by atoms with Crippen molar-refractivity contribution in [3.05, 3.63) is 41.7 Å². The Bertz CT molecular complexity index is 595. The fourth-order valence-corrected chi connectivity index (χ4v) is 1.51. The second kappa shape index (κ2) is 5.17. The molecule has 1 amide bonds. The van der Waals surface area contributed by atoms with Crippen LogP contribution in [0.15, 0.2) is 30.3 Å². The van der Waals surface area contributed by atoms with Crippen molar-refractivity contribution < 1.29 is 14.7 Å². The number of nitrogens with zero attached hydrogens (tertiary/aromatic N) is 2. The van der Waals surface area contributed by atoms with Crippen molar-refractivity contribution >= 4 is 17.8 Å². The number of aromatic nitrogens is 3. The Morgan fingerprint density at radius 1 is 1.32 bits per heavy atom. The molecule has 0 saturated carbocycles. The molecule has 1 aromatic carbocycles. The van der Waals surface area contributed by atoms with Gasteiger partial charge in [-0.15, -0.1) is 5.10 Å². The summed E-state index contributed by atoms with van der Waals surface area (Å²) in [5.41, 5.74) is 5.72. The SMILES string of the molecule is Nc1n[nH]c(C(=O)N[C@H](C(=O)O)c2ccccc2)n1. The molecular formula is C11H11N5O3. The Hall–Kier alpha value is -2.90. The van der Waals surface area contributed by atoms with E-state index in [1.807, 2.05) is 0 Å². The molecule has 5 N–H and O–H groups in total. The number of hydrogen-bond acceptors (Lipinski definition) is 5. The van der Waals surface area contributed by atoms with Gasteiger partial charge in [-0.1, -0.05) is 30.3 Å². The molecule has 1 heterocycles. The predicted octanol–water partition coefficient (Wildman–Crippen LogP) is -0.0574. The molecule has 1 aromatic heterocycles. The van der Waals surface area contributed by atoms with E-state index in [4.69, 9.17) is 10.8 Å². The van der Waals surface area contributed by atoms with Gasteiger partial charge in [0.2, 0.25) is 11.8 Å². The molecule has 0 unspecified atom stereocenters. The lowest BCUT2D eigenvalue weighted by Crippen LogP contribution is -2.34. The number of amides is 1. The zero-order valence-corrected chi connectivity index (χ0v) is 9.70. The fraction of sp³-hybridized carbons (Fsp3) is 0.0909. The molecule has 0 fully saturated rings. The predicted molar refractivity (Wildman–Crippen MR) is 65.1 cm³/mol. The molecule has 0 bridgehead atoms. The van der Waals surface area contributed by atoms with E-state index >= 15 is 0 Å². The normalized spacial score (nSPS) is 11.8. The zero-order valence-electron chi connectivity index (χ0n) is 9.70. The lowest BCUT2D eigenvalue weighted by Gasteiger charge is -2.13.